The summed E-state index contributed by atoms with van der Waals surface area (Å²) in [5.41, 5.74) is 0.604. The van der Waals surface area contributed by atoms with Crippen molar-refractivity contribution in [1.29, 1.82) is 0 Å². The van der Waals surface area contributed by atoms with Crippen molar-refractivity contribution in [2.24, 2.45) is 5.92 Å². The van der Waals surface area contributed by atoms with Gasteiger partial charge in [-0.05, 0) is 43.4 Å². The molecule has 5 nitrogen and oxygen atoms in total. The Bertz CT molecular complexity index is 639. The summed E-state index contributed by atoms with van der Waals surface area (Å²) in [6.45, 7) is 4.80. The summed E-state index contributed by atoms with van der Waals surface area (Å²) in [5.74, 6) is -0.691. The van der Waals surface area contributed by atoms with Crippen LogP contribution in [0.5, 0.6) is 0 Å². The van der Waals surface area contributed by atoms with E-state index in [-0.39, 0.29) is 10.5 Å². The van der Waals surface area contributed by atoms with Crippen molar-refractivity contribution in [3.8, 4) is 0 Å². The van der Waals surface area contributed by atoms with Crippen LogP contribution in [-0.4, -0.2) is 36.9 Å². The van der Waals surface area contributed by atoms with Crippen LogP contribution in [0, 0.1) is 12.8 Å². The van der Waals surface area contributed by atoms with E-state index in [9.17, 15) is 13.2 Å². The van der Waals surface area contributed by atoms with E-state index in [0.29, 0.717) is 24.6 Å². The molecule has 1 atom stereocenters. The molecule has 1 aliphatic heterocycles. The first kappa shape index (κ1) is 16.0. The largest absolute Gasteiger partial charge is 0.478 e. The number of hydrogen-bond acceptors (Lipinski definition) is 3. The van der Waals surface area contributed by atoms with Crippen LogP contribution in [-0.2, 0) is 10.0 Å². The third-order valence-corrected chi connectivity index (χ3v) is 5.88. The molecule has 0 saturated carbocycles. The van der Waals surface area contributed by atoms with Crippen LogP contribution in [0.1, 0.15) is 42.1 Å². The average Bonchev–Trinajstić information content (AvgIpc) is 2.88. The van der Waals surface area contributed by atoms with Gasteiger partial charge in [-0.3, -0.25) is 0 Å². The summed E-state index contributed by atoms with van der Waals surface area (Å²) in [6, 6.07) is 4.31. The first-order chi connectivity index (χ1) is 9.86. The summed E-state index contributed by atoms with van der Waals surface area (Å²) in [7, 11) is -3.59. The van der Waals surface area contributed by atoms with Gasteiger partial charge in [-0.2, -0.15) is 4.31 Å². The molecule has 1 aromatic carbocycles. The maximum absolute atomic E-state index is 12.6. The van der Waals surface area contributed by atoms with Crippen molar-refractivity contribution >= 4 is 16.0 Å². The topological polar surface area (TPSA) is 74.7 Å². The van der Waals surface area contributed by atoms with E-state index in [0.717, 1.165) is 19.3 Å². The third-order valence-electron chi connectivity index (χ3n) is 4.02. The van der Waals surface area contributed by atoms with E-state index in [1.54, 1.807) is 13.0 Å². The van der Waals surface area contributed by atoms with Gasteiger partial charge in [0.1, 0.15) is 0 Å². The Hall–Kier alpha value is -1.40. The molecular formula is C15H21NO4S. The average molecular weight is 311 g/mol. The van der Waals surface area contributed by atoms with Gasteiger partial charge in [0.25, 0.3) is 0 Å². The number of carboxylic acids is 1. The molecule has 1 aromatic rings. The quantitative estimate of drug-likeness (QED) is 0.906. The highest BCUT2D eigenvalue weighted by molar-refractivity contribution is 7.89. The lowest BCUT2D eigenvalue weighted by atomic mass is 10.0. The van der Waals surface area contributed by atoms with E-state index >= 15 is 0 Å². The molecule has 1 N–H and O–H groups in total. The first-order valence-electron chi connectivity index (χ1n) is 7.20. The van der Waals surface area contributed by atoms with Crippen LogP contribution in [0.3, 0.4) is 0 Å². The second-order valence-corrected chi connectivity index (χ2v) is 7.53. The van der Waals surface area contributed by atoms with Crippen molar-refractivity contribution in [2.75, 3.05) is 13.1 Å². The molecule has 0 bridgehead atoms. The third kappa shape index (κ3) is 3.27. The molecule has 1 unspecified atom stereocenters. The van der Waals surface area contributed by atoms with Crippen LogP contribution in [0.15, 0.2) is 23.1 Å². The number of benzene rings is 1. The predicted molar refractivity (Wildman–Crippen MR) is 79.9 cm³/mol. The number of rotatable bonds is 5. The fraction of sp³-hybridized carbons (Fsp3) is 0.533. The van der Waals surface area contributed by atoms with Gasteiger partial charge in [0.2, 0.25) is 10.0 Å². The molecule has 0 spiro atoms. The van der Waals surface area contributed by atoms with Gasteiger partial charge < -0.3 is 5.11 Å². The maximum atomic E-state index is 12.6. The van der Waals surface area contributed by atoms with Gasteiger partial charge in [0, 0.05) is 13.1 Å². The number of aromatic carboxylic acids is 1. The number of nitrogens with zero attached hydrogens (tertiary/aromatic N) is 1. The summed E-state index contributed by atoms with van der Waals surface area (Å²) in [4.78, 5) is 11.2. The van der Waals surface area contributed by atoms with E-state index in [1.165, 1.54) is 16.4 Å². The SMILES string of the molecule is CCCC1CCN(S(=O)(=O)c2ccc(C)c(C(=O)O)c2)C1. The fourth-order valence-corrected chi connectivity index (χ4v) is 4.36. The van der Waals surface area contributed by atoms with Crippen LogP contribution in [0.4, 0.5) is 0 Å². The Morgan fingerprint density at radius 3 is 2.76 bits per heavy atom. The van der Waals surface area contributed by atoms with Gasteiger partial charge in [-0.1, -0.05) is 19.4 Å². The van der Waals surface area contributed by atoms with Crippen molar-refractivity contribution in [1.82, 2.24) is 4.31 Å². The minimum Gasteiger partial charge on any atom is -0.478 e. The lowest BCUT2D eigenvalue weighted by Crippen LogP contribution is -2.29. The maximum Gasteiger partial charge on any atom is 0.335 e. The van der Waals surface area contributed by atoms with Crippen LogP contribution >= 0.6 is 0 Å². The number of sulfonamides is 1. The van der Waals surface area contributed by atoms with Crippen LogP contribution in [0.2, 0.25) is 0 Å². The van der Waals surface area contributed by atoms with Gasteiger partial charge >= 0.3 is 5.97 Å². The fourth-order valence-electron chi connectivity index (χ4n) is 2.80. The molecule has 1 fully saturated rings. The molecule has 6 heteroatoms. The predicted octanol–water partition coefficient (Wildman–Crippen LogP) is 2.50. The van der Waals surface area contributed by atoms with Crippen molar-refractivity contribution in [3.63, 3.8) is 0 Å². The molecule has 1 heterocycles. The highest BCUT2D eigenvalue weighted by atomic mass is 32.2. The molecule has 116 valence electrons. The lowest BCUT2D eigenvalue weighted by Gasteiger charge is -2.17. The number of carboxylic acid groups (broad SMARTS) is 1. The monoisotopic (exact) mass is 311 g/mol. The zero-order valence-electron chi connectivity index (χ0n) is 12.4. The van der Waals surface area contributed by atoms with Gasteiger partial charge in [0.05, 0.1) is 10.5 Å². The molecule has 2 rings (SSSR count). The molecule has 1 aliphatic rings. The number of aryl methyl sites for hydroxylation is 1. The summed E-state index contributed by atoms with van der Waals surface area (Å²) < 4.78 is 26.7. The molecule has 1 saturated heterocycles. The van der Waals surface area contributed by atoms with Gasteiger partial charge in [-0.15, -0.1) is 0 Å². The van der Waals surface area contributed by atoms with Crippen LogP contribution < -0.4 is 0 Å². The Labute approximate surface area is 125 Å². The normalized spacial score (nSPS) is 19.8. The smallest absolute Gasteiger partial charge is 0.335 e. The molecule has 0 amide bonds. The molecule has 0 aliphatic carbocycles. The Morgan fingerprint density at radius 1 is 1.43 bits per heavy atom. The second kappa shape index (κ2) is 6.15. The Morgan fingerprint density at radius 2 is 2.14 bits per heavy atom. The zero-order valence-corrected chi connectivity index (χ0v) is 13.2. The van der Waals surface area contributed by atoms with E-state index in [1.807, 2.05) is 0 Å². The lowest BCUT2D eigenvalue weighted by molar-refractivity contribution is 0.0696. The van der Waals surface area contributed by atoms with Gasteiger partial charge in [0.15, 0.2) is 0 Å². The number of carbonyl (C=O) groups is 1. The minimum absolute atomic E-state index is 0.0420. The highest BCUT2D eigenvalue weighted by Crippen LogP contribution is 2.27. The molecule has 0 aromatic heterocycles. The van der Waals surface area contributed by atoms with Crippen molar-refractivity contribution < 1.29 is 18.3 Å². The van der Waals surface area contributed by atoms with E-state index in [4.69, 9.17) is 5.11 Å². The van der Waals surface area contributed by atoms with Crippen LogP contribution in [0.25, 0.3) is 0 Å². The standard InChI is InChI=1S/C15H21NO4S/c1-3-4-12-7-8-16(10-12)21(19,20)13-6-5-11(2)14(9-13)15(17)18/h5-6,9,12H,3-4,7-8,10H2,1-2H3,(H,17,18). The minimum atomic E-state index is -3.59. The van der Waals surface area contributed by atoms with Crippen molar-refractivity contribution in [2.45, 2.75) is 38.0 Å². The number of hydrogen-bond donors (Lipinski definition) is 1. The first-order valence-corrected chi connectivity index (χ1v) is 8.64. The second-order valence-electron chi connectivity index (χ2n) is 5.59. The van der Waals surface area contributed by atoms with Crippen molar-refractivity contribution in [3.05, 3.63) is 29.3 Å². The Balaban J connectivity index is 2.28. The summed E-state index contributed by atoms with van der Waals surface area (Å²) in [5, 5.41) is 9.12. The van der Waals surface area contributed by atoms with E-state index < -0.39 is 16.0 Å². The summed E-state index contributed by atoms with van der Waals surface area (Å²) in [6.07, 6.45) is 2.96. The zero-order chi connectivity index (χ0) is 15.6. The molecule has 21 heavy (non-hydrogen) atoms. The Kier molecular flexibility index (Phi) is 4.68. The molecule has 0 radical (unpaired) electrons. The molecular weight excluding hydrogens is 290 g/mol. The van der Waals surface area contributed by atoms with E-state index in [2.05, 4.69) is 6.92 Å². The van der Waals surface area contributed by atoms with Gasteiger partial charge in [-0.25, -0.2) is 13.2 Å². The highest BCUT2D eigenvalue weighted by Gasteiger charge is 2.32. The summed E-state index contributed by atoms with van der Waals surface area (Å²) >= 11 is 0.